The number of morpholine rings is 1. The van der Waals surface area contributed by atoms with E-state index >= 15 is 0 Å². The van der Waals surface area contributed by atoms with E-state index in [-0.39, 0.29) is 23.9 Å². The Morgan fingerprint density at radius 3 is 2.76 bits per heavy atom. The van der Waals surface area contributed by atoms with E-state index < -0.39 is 0 Å². The lowest BCUT2D eigenvalue weighted by Gasteiger charge is -2.37. The summed E-state index contributed by atoms with van der Waals surface area (Å²) in [6, 6.07) is 4.75. The molecule has 0 unspecified atom stereocenters. The van der Waals surface area contributed by atoms with Crippen molar-refractivity contribution in [2.24, 2.45) is 0 Å². The van der Waals surface area contributed by atoms with E-state index in [0.717, 1.165) is 11.5 Å². The molecule has 0 spiro atoms. The Labute approximate surface area is 150 Å². The maximum Gasteiger partial charge on any atom is 0.269 e. The Morgan fingerprint density at radius 1 is 1.40 bits per heavy atom. The SMILES string of the molecule is CCc1nnsc1C(=O)Nc1ccc(N2C[C@@H](C)O[C@@H](C)C2)c(F)c1. The van der Waals surface area contributed by atoms with Crippen molar-refractivity contribution in [1.82, 2.24) is 9.59 Å². The fourth-order valence-electron chi connectivity index (χ4n) is 3.02. The normalized spacial score (nSPS) is 20.6. The predicted molar refractivity (Wildman–Crippen MR) is 95.9 cm³/mol. The summed E-state index contributed by atoms with van der Waals surface area (Å²) >= 11 is 1.04. The lowest BCUT2D eigenvalue weighted by atomic mass is 10.1. The Kier molecular flexibility index (Phi) is 5.29. The van der Waals surface area contributed by atoms with Crippen LogP contribution in [-0.2, 0) is 11.2 Å². The van der Waals surface area contributed by atoms with Gasteiger partial charge in [0.15, 0.2) is 0 Å². The van der Waals surface area contributed by atoms with Crippen molar-refractivity contribution in [3.8, 4) is 0 Å². The summed E-state index contributed by atoms with van der Waals surface area (Å²) in [6.45, 7) is 7.14. The molecule has 1 aromatic heterocycles. The summed E-state index contributed by atoms with van der Waals surface area (Å²) < 4.78 is 24.1. The summed E-state index contributed by atoms with van der Waals surface area (Å²) in [4.78, 5) is 14.7. The molecule has 2 heterocycles. The number of nitrogens with zero attached hydrogens (tertiary/aromatic N) is 3. The molecule has 2 aromatic rings. The third-order valence-electron chi connectivity index (χ3n) is 4.06. The number of ether oxygens (including phenoxy) is 1. The molecule has 0 saturated carbocycles. The van der Waals surface area contributed by atoms with E-state index in [1.165, 1.54) is 6.07 Å². The maximum atomic E-state index is 14.6. The van der Waals surface area contributed by atoms with Crippen LogP contribution in [0.5, 0.6) is 0 Å². The van der Waals surface area contributed by atoms with Gasteiger partial charge < -0.3 is 15.0 Å². The number of hydrogen-bond acceptors (Lipinski definition) is 6. The molecule has 0 aliphatic carbocycles. The molecule has 0 radical (unpaired) electrons. The first-order valence-corrected chi connectivity index (χ1v) is 9.07. The minimum absolute atomic E-state index is 0.0498. The molecule has 1 aromatic carbocycles. The Morgan fingerprint density at radius 2 is 2.12 bits per heavy atom. The van der Waals surface area contributed by atoms with Crippen molar-refractivity contribution in [2.45, 2.75) is 39.4 Å². The second kappa shape index (κ2) is 7.45. The van der Waals surface area contributed by atoms with E-state index in [0.29, 0.717) is 41.5 Å². The number of halogens is 1. The van der Waals surface area contributed by atoms with Gasteiger partial charge in [0.05, 0.1) is 23.6 Å². The molecule has 134 valence electrons. The van der Waals surface area contributed by atoms with Crippen LogP contribution in [0.4, 0.5) is 15.8 Å². The predicted octanol–water partition coefficient (Wildman–Crippen LogP) is 3.11. The van der Waals surface area contributed by atoms with Crippen LogP contribution in [0, 0.1) is 5.82 Å². The first-order chi connectivity index (χ1) is 12.0. The maximum absolute atomic E-state index is 14.6. The monoisotopic (exact) mass is 364 g/mol. The van der Waals surface area contributed by atoms with Crippen LogP contribution in [-0.4, -0.2) is 40.8 Å². The van der Waals surface area contributed by atoms with Crippen LogP contribution in [0.15, 0.2) is 18.2 Å². The number of benzene rings is 1. The van der Waals surface area contributed by atoms with Gasteiger partial charge in [-0.1, -0.05) is 11.4 Å². The minimum Gasteiger partial charge on any atom is -0.372 e. The molecule has 3 rings (SSSR count). The van der Waals surface area contributed by atoms with Crippen LogP contribution in [0.3, 0.4) is 0 Å². The average molecular weight is 364 g/mol. The molecule has 1 fully saturated rings. The van der Waals surface area contributed by atoms with Crippen LogP contribution in [0.2, 0.25) is 0 Å². The molecule has 1 N–H and O–H groups in total. The van der Waals surface area contributed by atoms with Crippen LogP contribution in [0.25, 0.3) is 0 Å². The quantitative estimate of drug-likeness (QED) is 0.903. The number of rotatable bonds is 4. The number of aryl methyl sites for hydroxylation is 1. The highest BCUT2D eigenvalue weighted by atomic mass is 32.1. The number of amides is 1. The van der Waals surface area contributed by atoms with E-state index in [1.807, 2.05) is 25.7 Å². The van der Waals surface area contributed by atoms with Gasteiger partial charge in [0.2, 0.25) is 0 Å². The summed E-state index contributed by atoms with van der Waals surface area (Å²) in [5.74, 6) is -0.676. The van der Waals surface area contributed by atoms with Crippen molar-refractivity contribution < 1.29 is 13.9 Å². The van der Waals surface area contributed by atoms with Gasteiger partial charge in [0.25, 0.3) is 5.91 Å². The Bertz CT molecular complexity index is 757. The summed E-state index contributed by atoms with van der Waals surface area (Å²) in [7, 11) is 0. The third kappa shape index (κ3) is 3.96. The smallest absolute Gasteiger partial charge is 0.269 e. The molecule has 2 atom stereocenters. The van der Waals surface area contributed by atoms with Crippen molar-refractivity contribution in [2.75, 3.05) is 23.3 Å². The number of aromatic nitrogens is 2. The molecule has 0 bridgehead atoms. The fraction of sp³-hybridized carbons (Fsp3) is 0.471. The standard InChI is InChI=1S/C17H21FN4O2S/c1-4-14-16(25-21-20-14)17(23)19-12-5-6-15(13(18)7-12)22-8-10(2)24-11(3)9-22/h5-7,10-11H,4,8-9H2,1-3H3,(H,19,23)/t10-,11+. The zero-order valence-corrected chi connectivity index (χ0v) is 15.3. The highest BCUT2D eigenvalue weighted by Gasteiger charge is 2.24. The van der Waals surface area contributed by atoms with Gasteiger partial charge in [0.1, 0.15) is 10.7 Å². The number of carbonyl (C=O) groups is 1. The highest BCUT2D eigenvalue weighted by Crippen LogP contribution is 2.26. The topological polar surface area (TPSA) is 67.4 Å². The van der Waals surface area contributed by atoms with Gasteiger partial charge in [-0.05, 0) is 50.0 Å². The molecule has 25 heavy (non-hydrogen) atoms. The second-order valence-corrected chi connectivity index (χ2v) is 6.94. The molecule has 1 aliphatic heterocycles. The zero-order chi connectivity index (χ0) is 18.0. The largest absolute Gasteiger partial charge is 0.372 e. The molecule has 1 saturated heterocycles. The third-order valence-corrected chi connectivity index (χ3v) is 4.83. The summed E-state index contributed by atoms with van der Waals surface area (Å²) in [5.41, 5.74) is 1.58. The number of hydrogen-bond donors (Lipinski definition) is 1. The van der Waals surface area contributed by atoms with Crippen molar-refractivity contribution in [1.29, 1.82) is 0 Å². The zero-order valence-electron chi connectivity index (χ0n) is 14.5. The number of anilines is 2. The van der Waals surface area contributed by atoms with Gasteiger partial charge in [0, 0.05) is 18.8 Å². The second-order valence-electron chi connectivity index (χ2n) is 6.18. The first-order valence-electron chi connectivity index (χ1n) is 8.30. The van der Waals surface area contributed by atoms with Gasteiger partial charge in [-0.15, -0.1) is 5.10 Å². The van der Waals surface area contributed by atoms with Gasteiger partial charge in [-0.2, -0.15) is 0 Å². The first kappa shape index (κ1) is 17.8. The molecular weight excluding hydrogens is 343 g/mol. The number of nitrogens with one attached hydrogen (secondary N) is 1. The van der Waals surface area contributed by atoms with E-state index in [1.54, 1.807) is 12.1 Å². The molecule has 8 heteroatoms. The van der Waals surface area contributed by atoms with Crippen molar-refractivity contribution in [3.63, 3.8) is 0 Å². The lowest BCUT2D eigenvalue weighted by Crippen LogP contribution is -2.45. The van der Waals surface area contributed by atoms with Gasteiger partial charge >= 0.3 is 0 Å². The van der Waals surface area contributed by atoms with Gasteiger partial charge in [-0.25, -0.2) is 4.39 Å². The molecule has 1 aliphatic rings. The van der Waals surface area contributed by atoms with Crippen molar-refractivity contribution in [3.05, 3.63) is 34.6 Å². The van der Waals surface area contributed by atoms with E-state index in [9.17, 15) is 9.18 Å². The molecular formula is C17H21FN4O2S. The highest BCUT2D eigenvalue weighted by molar-refractivity contribution is 7.08. The average Bonchev–Trinajstić information content (AvgIpc) is 3.02. The van der Waals surface area contributed by atoms with Crippen LogP contribution >= 0.6 is 11.5 Å². The number of carbonyl (C=O) groups excluding carboxylic acids is 1. The Balaban J connectivity index is 1.75. The van der Waals surface area contributed by atoms with E-state index in [4.69, 9.17) is 4.74 Å². The fourth-order valence-corrected chi connectivity index (χ4v) is 3.66. The van der Waals surface area contributed by atoms with Gasteiger partial charge in [-0.3, -0.25) is 4.79 Å². The van der Waals surface area contributed by atoms with E-state index in [2.05, 4.69) is 14.9 Å². The molecule has 6 nitrogen and oxygen atoms in total. The van der Waals surface area contributed by atoms with Crippen LogP contribution in [0.1, 0.15) is 36.1 Å². The lowest BCUT2D eigenvalue weighted by molar-refractivity contribution is -0.00539. The van der Waals surface area contributed by atoms with Crippen molar-refractivity contribution >= 4 is 28.8 Å². The Hall–Kier alpha value is -2.06. The molecule has 1 amide bonds. The summed E-state index contributed by atoms with van der Waals surface area (Å²) in [5, 5.41) is 6.64. The minimum atomic E-state index is -0.364. The van der Waals surface area contributed by atoms with Crippen LogP contribution < -0.4 is 10.2 Å². The summed E-state index contributed by atoms with van der Waals surface area (Å²) in [6.07, 6.45) is 0.725.